The van der Waals surface area contributed by atoms with Gasteiger partial charge < -0.3 is 5.11 Å². The van der Waals surface area contributed by atoms with Crippen LogP contribution in [0.25, 0.3) is 0 Å². The highest BCUT2D eigenvalue weighted by molar-refractivity contribution is 5.34. The number of rotatable bonds is 2. The Morgan fingerprint density at radius 3 is 2.56 bits per heavy atom. The first-order valence-electron chi connectivity index (χ1n) is 5.93. The molecule has 1 nitrogen and oxygen atoms in total. The summed E-state index contributed by atoms with van der Waals surface area (Å²) in [6.07, 6.45) is 2.13. The van der Waals surface area contributed by atoms with Crippen LogP contribution in [0.15, 0.2) is 36.4 Å². The van der Waals surface area contributed by atoms with Crippen LogP contribution in [-0.2, 0) is 5.41 Å². The lowest BCUT2D eigenvalue weighted by Crippen LogP contribution is -2.29. The van der Waals surface area contributed by atoms with Crippen LogP contribution < -0.4 is 0 Å². The Kier molecular flexibility index (Phi) is 2.90. The van der Waals surface area contributed by atoms with Crippen LogP contribution in [-0.4, -0.2) is 11.7 Å². The van der Waals surface area contributed by atoms with Gasteiger partial charge in [0.25, 0.3) is 0 Å². The Morgan fingerprint density at radius 2 is 2.00 bits per heavy atom. The molecule has 0 spiro atoms. The lowest BCUT2D eigenvalue weighted by Gasteiger charge is -2.31. The third-order valence-corrected chi connectivity index (χ3v) is 4.12. The molecular weight excluding hydrogens is 196 g/mol. The lowest BCUT2D eigenvalue weighted by atomic mass is 9.73. The number of hydrogen-bond acceptors (Lipinski definition) is 1. The van der Waals surface area contributed by atoms with Gasteiger partial charge in [0.15, 0.2) is 0 Å². The van der Waals surface area contributed by atoms with Gasteiger partial charge in [-0.15, -0.1) is 0 Å². The molecule has 0 radical (unpaired) electrons. The minimum Gasteiger partial charge on any atom is -0.396 e. The highest BCUT2D eigenvalue weighted by Crippen LogP contribution is 2.47. The van der Waals surface area contributed by atoms with Crippen molar-refractivity contribution >= 4 is 0 Å². The molecule has 0 bridgehead atoms. The van der Waals surface area contributed by atoms with Gasteiger partial charge in [0.2, 0.25) is 0 Å². The Balaban J connectivity index is 2.38. The summed E-state index contributed by atoms with van der Waals surface area (Å²) in [6, 6.07) is 8.68. The van der Waals surface area contributed by atoms with Gasteiger partial charge in [-0.25, -0.2) is 0 Å². The first kappa shape index (κ1) is 11.4. The summed E-state index contributed by atoms with van der Waals surface area (Å²) in [5.41, 5.74) is 3.88. The number of hydrogen-bond donors (Lipinski definition) is 1. The monoisotopic (exact) mass is 216 g/mol. The predicted octanol–water partition coefficient (Wildman–Crippen LogP) is 3.21. The van der Waals surface area contributed by atoms with Crippen molar-refractivity contribution < 1.29 is 5.11 Å². The van der Waals surface area contributed by atoms with E-state index in [1.807, 2.05) is 0 Å². The fraction of sp³-hybridized carbons (Fsp3) is 0.467. The summed E-state index contributed by atoms with van der Waals surface area (Å²) in [4.78, 5) is 0. The van der Waals surface area contributed by atoms with Crippen LogP contribution >= 0.6 is 0 Å². The molecule has 0 heterocycles. The molecule has 1 aromatic carbocycles. The van der Waals surface area contributed by atoms with E-state index >= 15 is 0 Å². The zero-order valence-electron chi connectivity index (χ0n) is 10.2. The third kappa shape index (κ3) is 1.69. The van der Waals surface area contributed by atoms with Crippen LogP contribution in [0.4, 0.5) is 0 Å². The first-order valence-corrected chi connectivity index (χ1v) is 5.93. The summed E-state index contributed by atoms with van der Waals surface area (Å²) < 4.78 is 0. The van der Waals surface area contributed by atoms with Gasteiger partial charge in [-0.1, -0.05) is 48.9 Å². The fourth-order valence-corrected chi connectivity index (χ4v) is 2.83. The minimum absolute atomic E-state index is 0.0690. The quantitative estimate of drug-likeness (QED) is 0.753. The molecule has 1 fully saturated rings. The molecule has 1 aromatic rings. The first-order chi connectivity index (χ1) is 7.58. The van der Waals surface area contributed by atoms with E-state index in [2.05, 4.69) is 44.7 Å². The van der Waals surface area contributed by atoms with Crippen molar-refractivity contribution in [2.75, 3.05) is 6.61 Å². The van der Waals surface area contributed by atoms with E-state index < -0.39 is 0 Å². The normalized spacial score (nSPS) is 29.7. The molecule has 1 N–H and O–H groups in total. The van der Waals surface area contributed by atoms with Crippen molar-refractivity contribution in [3.8, 4) is 0 Å². The van der Waals surface area contributed by atoms with Gasteiger partial charge in [0.05, 0.1) is 6.61 Å². The van der Waals surface area contributed by atoms with Crippen molar-refractivity contribution in [1.82, 2.24) is 0 Å². The fourth-order valence-electron chi connectivity index (χ4n) is 2.83. The van der Waals surface area contributed by atoms with Crippen molar-refractivity contribution in [3.63, 3.8) is 0 Å². The summed E-state index contributed by atoms with van der Waals surface area (Å²) in [5, 5.41) is 9.53. The average molecular weight is 216 g/mol. The van der Waals surface area contributed by atoms with Gasteiger partial charge in [-0.3, -0.25) is 0 Å². The third-order valence-electron chi connectivity index (χ3n) is 4.12. The molecule has 2 atom stereocenters. The topological polar surface area (TPSA) is 20.2 Å². The molecule has 1 aliphatic carbocycles. The van der Waals surface area contributed by atoms with Crippen LogP contribution in [0.2, 0.25) is 0 Å². The maximum absolute atomic E-state index is 9.53. The van der Waals surface area contributed by atoms with Crippen molar-refractivity contribution in [1.29, 1.82) is 0 Å². The molecule has 0 amide bonds. The van der Waals surface area contributed by atoms with Gasteiger partial charge >= 0.3 is 0 Å². The number of aliphatic hydroxyl groups is 1. The molecule has 1 aliphatic rings. The highest BCUT2D eigenvalue weighted by atomic mass is 16.3. The second kappa shape index (κ2) is 4.06. The molecule has 2 rings (SSSR count). The van der Waals surface area contributed by atoms with E-state index in [1.54, 1.807) is 0 Å². The van der Waals surface area contributed by atoms with Crippen molar-refractivity contribution in [3.05, 3.63) is 47.5 Å². The van der Waals surface area contributed by atoms with E-state index in [-0.39, 0.29) is 17.9 Å². The smallest absolute Gasteiger partial charge is 0.0504 e. The van der Waals surface area contributed by atoms with E-state index in [1.165, 1.54) is 16.7 Å². The van der Waals surface area contributed by atoms with E-state index in [4.69, 9.17) is 0 Å². The highest BCUT2D eigenvalue weighted by Gasteiger charge is 2.41. The lowest BCUT2D eigenvalue weighted by molar-refractivity contribution is 0.200. The molecule has 1 heteroatoms. The molecule has 0 aliphatic heterocycles. The zero-order valence-corrected chi connectivity index (χ0v) is 10.2. The number of aryl methyl sites for hydroxylation is 1. The summed E-state index contributed by atoms with van der Waals surface area (Å²) >= 11 is 0. The zero-order chi connectivity index (χ0) is 11.8. The van der Waals surface area contributed by atoms with Gasteiger partial charge in [0.1, 0.15) is 0 Å². The van der Waals surface area contributed by atoms with E-state index in [0.717, 1.165) is 12.8 Å². The Bertz CT molecular complexity index is 390. The molecule has 16 heavy (non-hydrogen) atoms. The van der Waals surface area contributed by atoms with Crippen LogP contribution in [0.1, 0.15) is 30.9 Å². The standard InChI is InChI=1S/C15H20O/c1-11-4-6-13(7-5-11)15(3)9-8-12(2)14(15)10-16/h4-7,14,16H,2,8-10H2,1,3H3/t14-,15-/m1/s1. The summed E-state index contributed by atoms with van der Waals surface area (Å²) in [7, 11) is 0. The molecule has 0 unspecified atom stereocenters. The predicted molar refractivity (Wildman–Crippen MR) is 67.5 cm³/mol. The van der Waals surface area contributed by atoms with Crippen LogP contribution in [0.3, 0.4) is 0 Å². The second-order valence-corrected chi connectivity index (χ2v) is 5.18. The molecule has 86 valence electrons. The Morgan fingerprint density at radius 1 is 1.38 bits per heavy atom. The molecule has 0 aromatic heterocycles. The Hall–Kier alpha value is -1.08. The molecule has 1 saturated carbocycles. The van der Waals surface area contributed by atoms with Crippen molar-refractivity contribution in [2.24, 2.45) is 5.92 Å². The molecular formula is C15H20O. The largest absolute Gasteiger partial charge is 0.396 e. The number of benzene rings is 1. The average Bonchev–Trinajstić information content (AvgIpc) is 2.56. The van der Waals surface area contributed by atoms with E-state index in [9.17, 15) is 5.11 Å². The van der Waals surface area contributed by atoms with Gasteiger partial charge in [0, 0.05) is 11.3 Å². The van der Waals surface area contributed by atoms with E-state index in [0.29, 0.717) is 0 Å². The van der Waals surface area contributed by atoms with Crippen LogP contribution in [0, 0.1) is 12.8 Å². The summed E-state index contributed by atoms with van der Waals surface area (Å²) in [5.74, 6) is 0.218. The van der Waals surface area contributed by atoms with Crippen LogP contribution in [0.5, 0.6) is 0 Å². The second-order valence-electron chi connectivity index (χ2n) is 5.18. The number of aliphatic hydroxyl groups excluding tert-OH is 1. The Labute approximate surface area is 97.8 Å². The van der Waals surface area contributed by atoms with Gasteiger partial charge in [-0.05, 0) is 25.3 Å². The van der Waals surface area contributed by atoms with Gasteiger partial charge in [-0.2, -0.15) is 0 Å². The van der Waals surface area contributed by atoms with Crippen molar-refractivity contribution in [2.45, 2.75) is 32.1 Å². The maximum atomic E-state index is 9.53. The summed E-state index contributed by atoms with van der Waals surface area (Å²) in [6.45, 7) is 8.64. The SMILES string of the molecule is C=C1CC[C@](C)(c2ccc(C)cc2)[C@@H]1CO. The maximum Gasteiger partial charge on any atom is 0.0504 e. The minimum atomic E-state index is 0.0690. The molecule has 0 saturated heterocycles.